The Labute approximate surface area is 188 Å². The van der Waals surface area contributed by atoms with Crippen molar-refractivity contribution in [1.82, 2.24) is 14.8 Å². The Morgan fingerprint density at radius 1 is 1.06 bits per heavy atom. The van der Waals surface area contributed by atoms with Crippen molar-refractivity contribution >= 4 is 21.6 Å². The fourth-order valence-corrected chi connectivity index (χ4v) is 4.74. The van der Waals surface area contributed by atoms with E-state index in [0.29, 0.717) is 23.3 Å². The van der Waals surface area contributed by atoms with E-state index in [1.807, 2.05) is 47.9 Å². The second-order valence-electron chi connectivity index (χ2n) is 7.08. The summed E-state index contributed by atoms with van der Waals surface area (Å²) < 4.78 is 56.1. The highest BCUT2D eigenvalue weighted by Crippen LogP contribution is 2.28. The van der Waals surface area contributed by atoms with Crippen molar-refractivity contribution in [2.75, 3.05) is 0 Å². The number of thioether (sulfide) groups is 1. The molecule has 0 saturated heterocycles. The van der Waals surface area contributed by atoms with Gasteiger partial charge in [-0.2, -0.15) is 8.78 Å². The molecule has 0 atom stereocenters. The maximum Gasteiger partial charge on any atom is 0.341 e. The normalized spacial score (nSPS) is 11.9. The molecule has 0 spiro atoms. The maximum atomic E-state index is 12.7. The Morgan fingerprint density at radius 2 is 1.84 bits per heavy atom. The smallest absolute Gasteiger partial charge is 0.341 e. The molecule has 4 rings (SSSR count). The Kier molecular flexibility index (Phi) is 6.43. The second-order valence-corrected chi connectivity index (χ2v) is 9.94. The molecule has 166 valence electrons. The number of sulfone groups is 1. The summed E-state index contributed by atoms with van der Waals surface area (Å²) in [6, 6.07) is 17.1. The van der Waals surface area contributed by atoms with Crippen LogP contribution in [0.25, 0.3) is 11.4 Å². The first kappa shape index (κ1) is 22.2. The van der Waals surface area contributed by atoms with Gasteiger partial charge in [-0.25, -0.2) is 8.42 Å². The van der Waals surface area contributed by atoms with Gasteiger partial charge in [0.25, 0.3) is 0 Å². The van der Waals surface area contributed by atoms with Crippen molar-refractivity contribution in [3.05, 3.63) is 83.8 Å². The number of alkyl halides is 2. The van der Waals surface area contributed by atoms with Crippen LogP contribution in [0.1, 0.15) is 16.9 Å². The summed E-state index contributed by atoms with van der Waals surface area (Å²) in [4.78, 5) is -0.399. The highest BCUT2D eigenvalue weighted by Gasteiger charge is 2.26. The molecule has 6 nitrogen and oxygen atoms in total. The van der Waals surface area contributed by atoms with E-state index in [0.717, 1.165) is 22.5 Å². The van der Waals surface area contributed by atoms with E-state index < -0.39 is 20.5 Å². The van der Waals surface area contributed by atoms with Crippen LogP contribution >= 0.6 is 11.8 Å². The van der Waals surface area contributed by atoms with E-state index in [4.69, 9.17) is 4.42 Å². The Morgan fingerprint density at radius 3 is 2.50 bits per heavy atom. The number of benzene rings is 2. The number of aromatic nitrogens is 3. The van der Waals surface area contributed by atoms with Crippen LogP contribution < -0.4 is 0 Å². The van der Waals surface area contributed by atoms with Crippen LogP contribution in [0, 0.1) is 6.92 Å². The van der Waals surface area contributed by atoms with Crippen molar-refractivity contribution in [2.45, 2.75) is 35.0 Å². The van der Waals surface area contributed by atoms with E-state index in [9.17, 15) is 17.2 Å². The minimum Gasteiger partial charge on any atom is -0.467 e. The third-order valence-corrected chi connectivity index (χ3v) is 7.18. The molecule has 2 aromatic carbocycles. The van der Waals surface area contributed by atoms with Gasteiger partial charge < -0.3 is 4.42 Å². The summed E-state index contributed by atoms with van der Waals surface area (Å²) in [5.74, 6) is -1.53. The molecule has 0 aliphatic carbocycles. The number of nitrogens with zero attached hydrogens (tertiary/aromatic N) is 3. The van der Waals surface area contributed by atoms with Gasteiger partial charge in [0.15, 0.2) is 11.0 Å². The number of furan rings is 1. The standard InChI is InChI=1S/C22H19F2N3O3S2/c1-15-4-2-5-17(12-15)20-25-26-22(27(20)13-18-6-3-11-30-18)31-14-16-7-9-19(10-8-16)32(28,29)21(23)24/h2-12,21H,13-14H2,1H3. The number of hydrogen-bond donors (Lipinski definition) is 0. The predicted molar refractivity (Wildman–Crippen MR) is 117 cm³/mol. The summed E-state index contributed by atoms with van der Waals surface area (Å²) >= 11 is 1.41. The van der Waals surface area contributed by atoms with Gasteiger partial charge in [-0.15, -0.1) is 10.2 Å². The summed E-state index contributed by atoms with van der Waals surface area (Å²) in [5.41, 5.74) is 2.80. The van der Waals surface area contributed by atoms with Gasteiger partial charge in [0.1, 0.15) is 5.76 Å². The maximum absolute atomic E-state index is 12.7. The molecule has 0 radical (unpaired) electrons. The zero-order valence-corrected chi connectivity index (χ0v) is 18.6. The van der Waals surface area contributed by atoms with Crippen molar-refractivity contribution in [3.8, 4) is 11.4 Å². The van der Waals surface area contributed by atoms with Crippen LogP contribution in [0.15, 0.2) is 81.4 Å². The van der Waals surface area contributed by atoms with Gasteiger partial charge in [0.2, 0.25) is 9.84 Å². The molecule has 0 unspecified atom stereocenters. The summed E-state index contributed by atoms with van der Waals surface area (Å²) in [5, 5.41) is 9.37. The first-order valence-corrected chi connectivity index (χ1v) is 12.1. The molecule has 2 aromatic heterocycles. The molecule has 4 aromatic rings. The minimum atomic E-state index is -4.60. The molecule has 0 bridgehead atoms. The van der Waals surface area contributed by atoms with E-state index in [1.54, 1.807) is 6.26 Å². The zero-order chi connectivity index (χ0) is 22.7. The molecule has 0 N–H and O–H groups in total. The zero-order valence-electron chi connectivity index (χ0n) is 17.0. The van der Waals surface area contributed by atoms with E-state index >= 15 is 0 Å². The molecule has 2 heterocycles. The lowest BCUT2D eigenvalue weighted by Crippen LogP contribution is -2.11. The van der Waals surface area contributed by atoms with Crippen LogP contribution in [-0.4, -0.2) is 28.9 Å². The summed E-state index contributed by atoms with van der Waals surface area (Å²) in [6.07, 6.45) is 1.61. The average Bonchev–Trinajstić information content (AvgIpc) is 3.43. The number of rotatable bonds is 8. The highest BCUT2D eigenvalue weighted by atomic mass is 32.2. The fourth-order valence-electron chi connectivity index (χ4n) is 3.12. The van der Waals surface area contributed by atoms with Gasteiger partial charge in [-0.1, -0.05) is 47.7 Å². The van der Waals surface area contributed by atoms with Gasteiger partial charge >= 0.3 is 5.76 Å². The molecular formula is C22H19F2N3O3S2. The molecular weight excluding hydrogens is 456 g/mol. The molecule has 10 heteroatoms. The number of halogens is 2. The summed E-state index contributed by atoms with van der Waals surface area (Å²) in [6.45, 7) is 2.45. The monoisotopic (exact) mass is 475 g/mol. The van der Waals surface area contributed by atoms with Crippen LogP contribution in [-0.2, 0) is 22.1 Å². The Hall–Kier alpha value is -2.98. The largest absolute Gasteiger partial charge is 0.467 e. The van der Waals surface area contributed by atoms with Crippen molar-refractivity contribution < 1.29 is 21.6 Å². The molecule has 0 saturated carbocycles. The topological polar surface area (TPSA) is 78.0 Å². The summed E-state index contributed by atoms with van der Waals surface area (Å²) in [7, 11) is -4.60. The first-order valence-electron chi connectivity index (χ1n) is 9.61. The lowest BCUT2D eigenvalue weighted by molar-refractivity contribution is 0.234. The fraction of sp³-hybridized carbons (Fsp3) is 0.182. The molecule has 0 aliphatic rings. The van der Waals surface area contributed by atoms with Crippen LogP contribution in [0.2, 0.25) is 0 Å². The third kappa shape index (κ3) is 4.76. The lowest BCUT2D eigenvalue weighted by atomic mass is 10.1. The minimum absolute atomic E-state index is 0.399. The van der Waals surface area contributed by atoms with E-state index in [1.165, 1.54) is 36.0 Å². The van der Waals surface area contributed by atoms with Crippen molar-refractivity contribution in [2.24, 2.45) is 0 Å². The lowest BCUT2D eigenvalue weighted by Gasteiger charge is -2.10. The van der Waals surface area contributed by atoms with Crippen molar-refractivity contribution in [1.29, 1.82) is 0 Å². The first-order chi connectivity index (χ1) is 15.3. The van der Waals surface area contributed by atoms with Gasteiger partial charge in [0, 0.05) is 11.3 Å². The Bertz CT molecular complexity index is 1300. The van der Waals surface area contributed by atoms with Crippen LogP contribution in [0.5, 0.6) is 0 Å². The van der Waals surface area contributed by atoms with Crippen molar-refractivity contribution in [3.63, 3.8) is 0 Å². The van der Waals surface area contributed by atoms with Gasteiger partial charge in [-0.05, 0) is 42.8 Å². The molecule has 0 aliphatic heterocycles. The third-order valence-electron chi connectivity index (χ3n) is 4.74. The Balaban J connectivity index is 1.58. The number of aryl methyl sites for hydroxylation is 1. The predicted octanol–water partition coefficient (Wildman–Crippen LogP) is 5.18. The number of hydrogen-bond acceptors (Lipinski definition) is 6. The van der Waals surface area contributed by atoms with Gasteiger partial charge in [0.05, 0.1) is 17.7 Å². The van der Waals surface area contributed by atoms with Gasteiger partial charge in [-0.3, -0.25) is 4.57 Å². The van der Waals surface area contributed by atoms with Crippen LogP contribution in [0.4, 0.5) is 8.78 Å². The van der Waals surface area contributed by atoms with E-state index in [-0.39, 0.29) is 0 Å². The molecule has 0 fully saturated rings. The van der Waals surface area contributed by atoms with E-state index in [2.05, 4.69) is 10.2 Å². The molecule has 0 amide bonds. The highest BCUT2D eigenvalue weighted by molar-refractivity contribution is 7.98. The van der Waals surface area contributed by atoms with Crippen LogP contribution in [0.3, 0.4) is 0 Å². The SMILES string of the molecule is Cc1cccc(-c2nnc(SCc3ccc(S(=O)(=O)C(F)F)cc3)n2Cc2ccco2)c1. The molecule has 32 heavy (non-hydrogen) atoms. The second kappa shape index (κ2) is 9.25. The quantitative estimate of drug-likeness (QED) is 0.327. The average molecular weight is 476 g/mol.